The molecule has 3 heteroatoms. The Hall–Kier alpha value is -0.830. The molecule has 112 valence electrons. The molecule has 1 aromatic carbocycles. The molecule has 0 radical (unpaired) electrons. The van der Waals surface area contributed by atoms with E-state index in [0.717, 1.165) is 24.0 Å². The van der Waals surface area contributed by atoms with Crippen molar-refractivity contribution in [2.75, 3.05) is 13.1 Å². The fourth-order valence-corrected chi connectivity index (χ4v) is 4.76. The number of amides is 1. The van der Waals surface area contributed by atoms with Crippen molar-refractivity contribution in [1.82, 2.24) is 4.90 Å². The fourth-order valence-electron chi connectivity index (χ4n) is 4.35. The van der Waals surface area contributed by atoms with Crippen LogP contribution < -0.4 is 0 Å². The molecule has 4 rings (SSSR count). The predicted octanol–water partition coefficient (Wildman–Crippen LogP) is 4.35. The van der Waals surface area contributed by atoms with Crippen LogP contribution in [0, 0.1) is 11.3 Å². The zero-order valence-corrected chi connectivity index (χ0v) is 13.9. The van der Waals surface area contributed by atoms with Gasteiger partial charge in [-0.2, -0.15) is 0 Å². The molecule has 1 spiro atoms. The van der Waals surface area contributed by atoms with Gasteiger partial charge in [-0.15, -0.1) is 0 Å². The minimum absolute atomic E-state index is 0.250. The van der Waals surface area contributed by atoms with E-state index in [1.54, 1.807) is 0 Å². The third-order valence-corrected chi connectivity index (χ3v) is 6.16. The van der Waals surface area contributed by atoms with Crippen molar-refractivity contribution in [1.29, 1.82) is 0 Å². The molecule has 1 saturated heterocycles. The number of carbonyl (C=O) groups is 1. The molecular weight excluding hydrogens is 326 g/mol. The fraction of sp³-hybridized carbons (Fsp3) is 0.611. The summed E-state index contributed by atoms with van der Waals surface area (Å²) in [5.74, 6) is 1.12. The van der Waals surface area contributed by atoms with Crippen molar-refractivity contribution in [3.63, 3.8) is 0 Å². The Morgan fingerprint density at radius 2 is 1.95 bits per heavy atom. The summed E-state index contributed by atoms with van der Waals surface area (Å²) in [5.41, 5.74) is 1.82. The van der Waals surface area contributed by atoms with E-state index in [9.17, 15) is 4.79 Å². The summed E-state index contributed by atoms with van der Waals surface area (Å²) in [5, 5.41) is 0. The molecule has 0 bridgehead atoms. The number of carbonyl (C=O) groups excluding carboxylic acids is 1. The molecule has 2 nitrogen and oxygen atoms in total. The van der Waals surface area contributed by atoms with Gasteiger partial charge in [0.05, 0.1) is 0 Å². The maximum absolute atomic E-state index is 12.6. The third-order valence-electron chi connectivity index (χ3n) is 5.66. The summed E-state index contributed by atoms with van der Waals surface area (Å²) in [6.45, 7) is 2.07. The highest BCUT2D eigenvalue weighted by Gasteiger charge is 2.52. The molecule has 3 aliphatic rings. The normalized spacial score (nSPS) is 30.0. The van der Waals surface area contributed by atoms with E-state index < -0.39 is 0 Å². The van der Waals surface area contributed by atoms with Crippen molar-refractivity contribution in [3.8, 4) is 0 Å². The maximum Gasteiger partial charge on any atom is 0.226 e. The molecular formula is C18H22BrNO. The Balaban J connectivity index is 1.36. The van der Waals surface area contributed by atoms with Gasteiger partial charge in [0.25, 0.3) is 0 Å². The standard InChI is InChI=1S/C18H22BrNO/c19-14-6-4-5-13(9-14)15-10-16(15)17(21)20-11-18(12-20)7-2-1-3-8-18/h4-6,9,15-16H,1-3,7-8,10-12H2. The van der Waals surface area contributed by atoms with E-state index >= 15 is 0 Å². The zero-order valence-electron chi connectivity index (χ0n) is 12.4. The lowest BCUT2D eigenvalue weighted by atomic mass is 9.68. The van der Waals surface area contributed by atoms with Crippen LogP contribution in [0.25, 0.3) is 0 Å². The summed E-state index contributed by atoms with van der Waals surface area (Å²) in [6.07, 6.45) is 7.85. The first-order valence-corrected chi connectivity index (χ1v) is 9.00. The van der Waals surface area contributed by atoms with E-state index in [1.165, 1.54) is 37.7 Å². The van der Waals surface area contributed by atoms with Crippen molar-refractivity contribution >= 4 is 21.8 Å². The van der Waals surface area contributed by atoms with Gasteiger partial charge in [-0.05, 0) is 42.9 Å². The molecule has 1 aliphatic heterocycles. The molecule has 1 heterocycles. The average molecular weight is 348 g/mol. The second-order valence-corrected chi connectivity index (χ2v) is 8.17. The van der Waals surface area contributed by atoms with Gasteiger partial charge in [-0.25, -0.2) is 0 Å². The molecule has 0 aromatic heterocycles. The van der Waals surface area contributed by atoms with Crippen LogP contribution in [0.3, 0.4) is 0 Å². The van der Waals surface area contributed by atoms with Crippen LogP contribution >= 0.6 is 15.9 Å². The summed E-state index contributed by atoms with van der Waals surface area (Å²) in [6, 6.07) is 8.43. The second-order valence-electron chi connectivity index (χ2n) is 7.26. The van der Waals surface area contributed by atoms with Crippen LogP contribution in [-0.4, -0.2) is 23.9 Å². The lowest BCUT2D eigenvalue weighted by Crippen LogP contribution is -2.59. The van der Waals surface area contributed by atoms with E-state index in [1.807, 2.05) is 6.07 Å². The van der Waals surface area contributed by atoms with Gasteiger partial charge in [-0.1, -0.05) is 47.3 Å². The summed E-state index contributed by atoms with van der Waals surface area (Å²) in [7, 11) is 0. The SMILES string of the molecule is O=C(C1CC1c1cccc(Br)c1)N1CC2(CCCCC2)C1. The van der Waals surface area contributed by atoms with Crippen molar-refractivity contribution in [2.24, 2.45) is 11.3 Å². The van der Waals surface area contributed by atoms with Gasteiger partial charge in [0.2, 0.25) is 5.91 Å². The highest BCUT2D eigenvalue weighted by Crippen LogP contribution is 2.51. The topological polar surface area (TPSA) is 20.3 Å². The van der Waals surface area contributed by atoms with E-state index in [-0.39, 0.29) is 5.92 Å². The Morgan fingerprint density at radius 3 is 2.67 bits per heavy atom. The van der Waals surface area contributed by atoms with Gasteiger partial charge >= 0.3 is 0 Å². The number of benzene rings is 1. The zero-order chi connectivity index (χ0) is 14.4. The first-order chi connectivity index (χ1) is 10.2. The quantitative estimate of drug-likeness (QED) is 0.778. The number of rotatable bonds is 2. The Labute approximate surface area is 135 Å². The van der Waals surface area contributed by atoms with Crippen molar-refractivity contribution in [2.45, 2.75) is 44.4 Å². The number of halogens is 1. The van der Waals surface area contributed by atoms with Crippen LogP contribution in [-0.2, 0) is 4.79 Å². The molecule has 2 unspecified atom stereocenters. The third kappa shape index (κ3) is 2.54. The first kappa shape index (κ1) is 13.8. The number of hydrogen-bond acceptors (Lipinski definition) is 1. The first-order valence-electron chi connectivity index (χ1n) is 8.21. The van der Waals surface area contributed by atoms with Crippen molar-refractivity contribution in [3.05, 3.63) is 34.3 Å². The van der Waals surface area contributed by atoms with Gasteiger partial charge < -0.3 is 4.90 Å². The molecule has 2 saturated carbocycles. The minimum Gasteiger partial charge on any atom is -0.341 e. The number of likely N-dealkylation sites (tertiary alicyclic amines) is 1. The largest absolute Gasteiger partial charge is 0.341 e. The summed E-state index contributed by atoms with van der Waals surface area (Å²) < 4.78 is 1.11. The highest BCUT2D eigenvalue weighted by molar-refractivity contribution is 9.10. The van der Waals surface area contributed by atoms with Crippen LogP contribution in [0.2, 0.25) is 0 Å². The maximum atomic E-state index is 12.6. The minimum atomic E-state index is 0.250. The second kappa shape index (κ2) is 5.12. The van der Waals surface area contributed by atoms with Gasteiger partial charge in [0.1, 0.15) is 0 Å². The van der Waals surface area contributed by atoms with E-state index in [4.69, 9.17) is 0 Å². The molecule has 2 aliphatic carbocycles. The highest BCUT2D eigenvalue weighted by atomic mass is 79.9. The lowest BCUT2D eigenvalue weighted by molar-refractivity contribution is -0.147. The predicted molar refractivity (Wildman–Crippen MR) is 87.1 cm³/mol. The summed E-state index contributed by atoms with van der Waals surface area (Å²) in [4.78, 5) is 14.7. The van der Waals surface area contributed by atoms with Crippen LogP contribution in [0.15, 0.2) is 28.7 Å². The van der Waals surface area contributed by atoms with E-state index in [0.29, 0.717) is 17.2 Å². The Bertz CT molecular complexity index is 556. The number of nitrogens with zero attached hydrogens (tertiary/aromatic N) is 1. The summed E-state index contributed by atoms with van der Waals surface area (Å²) >= 11 is 3.52. The molecule has 3 fully saturated rings. The molecule has 21 heavy (non-hydrogen) atoms. The van der Waals surface area contributed by atoms with Crippen LogP contribution in [0.5, 0.6) is 0 Å². The molecule has 2 atom stereocenters. The molecule has 1 amide bonds. The van der Waals surface area contributed by atoms with Crippen molar-refractivity contribution < 1.29 is 4.79 Å². The van der Waals surface area contributed by atoms with Gasteiger partial charge in [0, 0.05) is 28.9 Å². The monoisotopic (exact) mass is 347 g/mol. The molecule has 1 aromatic rings. The van der Waals surface area contributed by atoms with E-state index in [2.05, 4.69) is 39.0 Å². The average Bonchev–Trinajstić information content (AvgIpc) is 3.25. The Morgan fingerprint density at radius 1 is 1.19 bits per heavy atom. The Kier molecular flexibility index (Phi) is 3.36. The van der Waals surface area contributed by atoms with Gasteiger partial charge in [-0.3, -0.25) is 4.79 Å². The van der Waals surface area contributed by atoms with Crippen LogP contribution in [0.4, 0.5) is 0 Å². The lowest BCUT2D eigenvalue weighted by Gasteiger charge is -2.52. The van der Waals surface area contributed by atoms with Gasteiger partial charge in [0.15, 0.2) is 0 Å². The van der Waals surface area contributed by atoms with Crippen LogP contribution in [0.1, 0.15) is 50.0 Å². The molecule has 0 N–H and O–H groups in total. The smallest absolute Gasteiger partial charge is 0.226 e. The number of hydrogen-bond donors (Lipinski definition) is 0.